The third-order valence-electron chi connectivity index (χ3n) is 5.27. The van der Waals surface area contributed by atoms with Crippen LogP contribution in [0.4, 0.5) is 5.69 Å². The van der Waals surface area contributed by atoms with Gasteiger partial charge in [0, 0.05) is 23.2 Å². The molecule has 2 aromatic rings. The predicted octanol–water partition coefficient (Wildman–Crippen LogP) is 5.33. The number of hydrogen-bond donors (Lipinski definition) is 1. The van der Waals surface area contributed by atoms with Crippen LogP contribution in [-0.2, 0) is 4.79 Å². The number of ether oxygens (including phenoxy) is 1. The Morgan fingerprint density at radius 3 is 2.46 bits per heavy atom. The van der Waals surface area contributed by atoms with Crippen LogP contribution in [0.1, 0.15) is 45.2 Å². The maximum Gasteiger partial charge on any atom is 0.261 e. The molecule has 1 fully saturated rings. The molecule has 3 unspecified atom stereocenters. The van der Waals surface area contributed by atoms with Gasteiger partial charge in [0.05, 0.1) is 6.04 Å². The molecule has 4 nitrogen and oxygen atoms in total. The molecule has 1 heterocycles. The summed E-state index contributed by atoms with van der Waals surface area (Å²) in [5.74, 6) is 1.31. The summed E-state index contributed by atoms with van der Waals surface area (Å²) < 4.78 is 6.72. The van der Waals surface area contributed by atoms with Crippen molar-refractivity contribution in [2.45, 2.75) is 45.8 Å². The highest BCUT2D eigenvalue weighted by molar-refractivity contribution is 9.10. The number of halogens is 1. The first-order valence-electron chi connectivity index (χ1n) is 10.00. The number of benzene rings is 2. The van der Waals surface area contributed by atoms with Gasteiger partial charge in [-0.25, -0.2) is 0 Å². The number of nitrogens with zero attached hydrogens (tertiary/aromatic N) is 1. The Kier molecular flexibility index (Phi) is 7.00. The molecule has 28 heavy (non-hydrogen) atoms. The zero-order valence-electron chi connectivity index (χ0n) is 16.8. The van der Waals surface area contributed by atoms with Crippen LogP contribution in [0.25, 0.3) is 0 Å². The number of nitrogens with one attached hydrogen (secondary N) is 1. The third-order valence-corrected chi connectivity index (χ3v) is 5.80. The molecule has 0 bridgehead atoms. The largest absolute Gasteiger partial charge is 0.481 e. The molecule has 1 saturated heterocycles. The lowest BCUT2D eigenvalue weighted by Crippen LogP contribution is -2.37. The minimum atomic E-state index is -0.558. The molecule has 150 valence electrons. The van der Waals surface area contributed by atoms with Crippen molar-refractivity contribution in [2.75, 3.05) is 18.0 Å². The van der Waals surface area contributed by atoms with Gasteiger partial charge in [-0.05, 0) is 74.6 Å². The Labute approximate surface area is 176 Å². The lowest BCUT2D eigenvalue weighted by molar-refractivity contribution is -0.127. The van der Waals surface area contributed by atoms with Gasteiger partial charge in [-0.3, -0.25) is 4.79 Å². The Hall–Kier alpha value is -2.01. The minimum absolute atomic E-state index is 0.0715. The highest BCUT2D eigenvalue weighted by atomic mass is 79.9. The average molecular weight is 445 g/mol. The quantitative estimate of drug-likeness (QED) is 0.654. The van der Waals surface area contributed by atoms with Crippen molar-refractivity contribution in [1.29, 1.82) is 0 Å². The van der Waals surface area contributed by atoms with Gasteiger partial charge >= 0.3 is 0 Å². The Morgan fingerprint density at radius 1 is 1.14 bits per heavy atom. The van der Waals surface area contributed by atoms with Gasteiger partial charge in [0.25, 0.3) is 5.91 Å². The maximum absolute atomic E-state index is 12.5. The summed E-state index contributed by atoms with van der Waals surface area (Å²) in [5.41, 5.74) is 2.36. The van der Waals surface area contributed by atoms with E-state index in [0.717, 1.165) is 29.0 Å². The smallest absolute Gasteiger partial charge is 0.261 e. The summed E-state index contributed by atoms with van der Waals surface area (Å²) >= 11 is 3.39. The second-order valence-electron chi connectivity index (χ2n) is 7.73. The fourth-order valence-electron chi connectivity index (χ4n) is 3.58. The fraction of sp³-hybridized carbons (Fsp3) is 0.435. The molecule has 1 aliphatic rings. The van der Waals surface area contributed by atoms with Crippen LogP contribution >= 0.6 is 15.9 Å². The Morgan fingerprint density at radius 2 is 1.82 bits per heavy atom. The van der Waals surface area contributed by atoms with Crippen LogP contribution in [0.15, 0.2) is 53.0 Å². The van der Waals surface area contributed by atoms with Crippen LogP contribution in [-0.4, -0.2) is 25.1 Å². The van der Waals surface area contributed by atoms with Gasteiger partial charge in [-0.2, -0.15) is 0 Å². The van der Waals surface area contributed by atoms with E-state index in [2.05, 4.69) is 57.3 Å². The average Bonchev–Trinajstić information content (AvgIpc) is 2.69. The van der Waals surface area contributed by atoms with Crippen LogP contribution in [0.3, 0.4) is 0 Å². The number of piperidine rings is 1. The highest BCUT2D eigenvalue weighted by Gasteiger charge is 2.19. The van der Waals surface area contributed by atoms with Crippen molar-refractivity contribution in [2.24, 2.45) is 5.92 Å². The number of anilines is 1. The van der Waals surface area contributed by atoms with Crippen molar-refractivity contribution in [3.05, 3.63) is 58.6 Å². The van der Waals surface area contributed by atoms with Gasteiger partial charge in [0.15, 0.2) is 6.10 Å². The standard InChI is InChI=1S/C23H29BrN2O2/c1-16-5-4-14-26(15-16)21-10-6-19(7-11-21)17(2)25-23(27)18(3)28-22-12-8-20(24)9-13-22/h6-13,16-18H,4-5,14-15H2,1-3H3,(H,25,27). The van der Waals surface area contributed by atoms with Crippen molar-refractivity contribution in [3.63, 3.8) is 0 Å². The first-order chi connectivity index (χ1) is 13.4. The first kappa shape index (κ1) is 20.7. The van der Waals surface area contributed by atoms with E-state index in [9.17, 15) is 4.79 Å². The van der Waals surface area contributed by atoms with Crippen molar-refractivity contribution < 1.29 is 9.53 Å². The van der Waals surface area contributed by atoms with Gasteiger partial charge in [-0.1, -0.05) is 35.0 Å². The first-order valence-corrected chi connectivity index (χ1v) is 10.8. The summed E-state index contributed by atoms with van der Waals surface area (Å²) in [6, 6.07) is 16.0. The summed E-state index contributed by atoms with van der Waals surface area (Å²) in [6.07, 6.45) is 2.02. The topological polar surface area (TPSA) is 41.6 Å². The molecule has 1 aliphatic heterocycles. The molecule has 1 N–H and O–H groups in total. The number of carbonyl (C=O) groups is 1. The molecule has 0 aliphatic carbocycles. The molecule has 3 atom stereocenters. The second kappa shape index (κ2) is 9.46. The molecule has 1 amide bonds. The summed E-state index contributed by atoms with van der Waals surface area (Å²) in [7, 11) is 0. The lowest BCUT2D eigenvalue weighted by atomic mass is 9.99. The summed E-state index contributed by atoms with van der Waals surface area (Å²) in [5, 5.41) is 3.05. The Bertz CT molecular complexity index is 776. The molecular formula is C23H29BrN2O2. The third kappa shape index (κ3) is 5.51. The van der Waals surface area contributed by atoms with E-state index in [4.69, 9.17) is 4.74 Å². The molecule has 0 spiro atoms. The predicted molar refractivity (Wildman–Crippen MR) is 118 cm³/mol. The van der Waals surface area contributed by atoms with Gasteiger partial charge < -0.3 is 15.0 Å². The van der Waals surface area contributed by atoms with E-state index < -0.39 is 6.10 Å². The van der Waals surface area contributed by atoms with Crippen molar-refractivity contribution >= 4 is 27.5 Å². The minimum Gasteiger partial charge on any atom is -0.481 e. The lowest BCUT2D eigenvalue weighted by Gasteiger charge is -2.33. The van der Waals surface area contributed by atoms with Crippen LogP contribution in [0.5, 0.6) is 5.75 Å². The summed E-state index contributed by atoms with van der Waals surface area (Å²) in [6.45, 7) is 8.33. The molecule has 3 rings (SSSR count). The monoisotopic (exact) mass is 444 g/mol. The van der Waals surface area contributed by atoms with Crippen molar-refractivity contribution in [3.8, 4) is 5.75 Å². The SMILES string of the molecule is CC1CCCN(c2ccc(C(C)NC(=O)C(C)Oc3ccc(Br)cc3)cc2)C1. The second-order valence-corrected chi connectivity index (χ2v) is 8.64. The van der Waals surface area contributed by atoms with Crippen LogP contribution in [0.2, 0.25) is 0 Å². The molecule has 0 aromatic heterocycles. The fourth-order valence-corrected chi connectivity index (χ4v) is 3.85. The Balaban J connectivity index is 1.55. The van der Waals surface area contributed by atoms with E-state index in [1.54, 1.807) is 6.92 Å². The molecule has 5 heteroatoms. The van der Waals surface area contributed by atoms with E-state index >= 15 is 0 Å². The number of amides is 1. The van der Waals surface area contributed by atoms with Gasteiger partial charge in [0.1, 0.15) is 5.75 Å². The normalized spacial score (nSPS) is 19.0. The van der Waals surface area contributed by atoms with E-state index in [0.29, 0.717) is 5.75 Å². The number of rotatable bonds is 6. The molecule has 0 radical (unpaired) electrons. The zero-order chi connectivity index (χ0) is 20.1. The van der Waals surface area contributed by atoms with E-state index in [1.807, 2.05) is 31.2 Å². The van der Waals surface area contributed by atoms with E-state index in [1.165, 1.54) is 18.5 Å². The molecular weight excluding hydrogens is 416 g/mol. The number of carbonyl (C=O) groups excluding carboxylic acids is 1. The van der Waals surface area contributed by atoms with Gasteiger partial charge in [0.2, 0.25) is 0 Å². The van der Waals surface area contributed by atoms with Crippen LogP contribution < -0.4 is 15.0 Å². The molecule has 2 aromatic carbocycles. The summed E-state index contributed by atoms with van der Waals surface area (Å²) in [4.78, 5) is 14.9. The van der Waals surface area contributed by atoms with E-state index in [-0.39, 0.29) is 11.9 Å². The highest BCUT2D eigenvalue weighted by Crippen LogP contribution is 2.25. The van der Waals surface area contributed by atoms with Crippen molar-refractivity contribution in [1.82, 2.24) is 5.32 Å². The van der Waals surface area contributed by atoms with Gasteiger partial charge in [-0.15, -0.1) is 0 Å². The zero-order valence-corrected chi connectivity index (χ0v) is 18.4. The number of hydrogen-bond acceptors (Lipinski definition) is 3. The van der Waals surface area contributed by atoms with Crippen LogP contribution in [0, 0.1) is 5.92 Å². The maximum atomic E-state index is 12.5. The molecule has 0 saturated carbocycles.